The molecular weight excluding hydrogens is 280 g/mol. The Hall–Kier alpha value is -1.47. The molecule has 0 saturated heterocycles. The van der Waals surface area contributed by atoms with Gasteiger partial charge in [-0.15, -0.1) is 0 Å². The third-order valence-corrected chi connectivity index (χ3v) is 3.09. The van der Waals surface area contributed by atoms with Crippen molar-refractivity contribution >= 4 is 34.0 Å². The van der Waals surface area contributed by atoms with E-state index < -0.39 is 21.6 Å². The SMILES string of the molecule is CS(=O)CCNC(=O)c1cc(Cl)ccc1[N+](=O)[O-]. The normalized spacial score (nSPS) is 11.9. The first kappa shape index (κ1) is 14.6. The average Bonchev–Trinajstić information content (AvgIpc) is 2.27. The standard InChI is InChI=1S/C10H11ClN2O4S/c1-18(17)5-4-12-10(14)8-6-7(11)2-3-9(8)13(15)16/h2-3,6H,4-5H2,1H3,(H,12,14). The Balaban J connectivity index is 2.87. The van der Waals surface area contributed by atoms with Crippen molar-refractivity contribution in [1.29, 1.82) is 0 Å². The van der Waals surface area contributed by atoms with E-state index in [2.05, 4.69) is 5.32 Å². The molecule has 0 aliphatic rings. The first-order valence-electron chi connectivity index (χ1n) is 4.94. The van der Waals surface area contributed by atoms with Crippen molar-refractivity contribution in [3.05, 3.63) is 38.9 Å². The zero-order chi connectivity index (χ0) is 13.7. The van der Waals surface area contributed by atoms with Crippen molar-refractivity contribution in [3.8, 4) is 0 Å². The molecule has 0 aliphatic heterocycles. The molecule has 0 spiro atoms. The fourth-order valence-electron chi connectivity index (χ4n) is 1.25. The highest BCUT2D eigenvalue weighted by atomic mass is 35.5. The largest absolute Gasteiger partial charge is 0.351 e. The number of carbonyl (C=O) groups excluding carboxylic acids is 1. The second kappa shape index (κ2) is 6.46. The van der Waals surface area contributed by atoms with Crippen LogP contribution < -0.4 is 5.32 Å². The van der Waals surface area contributed by atoms with E-state index in [4.69, 9.17) is 11.6 Å². The van der Waals surface area contributed by atoms with Gasteiger partial charge in [0.15, 0.2) is 0 Å². The number of nitro benzene ring substituents is 1. The smallest absolute Gasteiger partial charge is 0.282 e. The highest BCUT2D eigenvalue weighted by molar-refractivity contribution is 7.84. The van der Waals surface area contributed by atoms with Gasteiger partial charge < -0.3 is 5.32 Å². The van der Waals surface area contributed by atoms with E-state index in [9.17, 15) is 19.1 Å². The van der Waals surface area contributed by atoms with Crippen molar-refractivity contribution in [2.45, 2.75) is 0 Å². The van der Waals surface area contributed by atoms with Gasteiger partial charge in [-0.25, -0.2) is 0 Å². The Morgan fingerprint density at radius 3 is 2.78 bits per heavy atom. The van der Waals surface area contributed by atoms with Crippen LogP contribution in [0.15, 0.2) is 18.2 Å². The van der Waals surface area contributed by atoms with E-state index in [1.165, 1.54) is 24.5 Å². The lowest BCUT2D eigenvalue weighted by Crippen LogP contribution is -2.28. The van der Waals surface area contributed by atoms with Crippen LogP contribution in [-0.4, -0.2) is 33.6 Å². The molecule has 1 amide bonds. The van der Waals surface area contributed by atoms with Gasteiger partial charge in [0.05, 0.1) is 4.92 Å². The zero-order valence-corrected chi connectivity index (χ0v) is 11.1. The Bertz CT molecular complexity index is 507. The van der Waals surface area contributed by atoms with Gasteiger partial charge in [0.2, 0.25) is 0 Å². The minimum Gasteiger partial charge on any atom is -0.351 e. The molecular formula is C10H11ClN2O4S. The quantitative estimate of drug-likeness (QED) is 0.655. The molecule has 1 atom stereocenters. The molecule has 0 aliphatic carbocycles. The number of benzene rings is 1. The topological polar surface area (TPSA) is 89.3 Å². The third kappa shape index (κ3) is 4.08. The van der Waals surface area contributed by atoms with Crippen molar-refractivity contribution in [3.63, 3.8) is 0 Å². The van der Waals surface area contributed by atoms with E-state index in [1.54, 1.807) is 0 Å². The summed E-state index contributed by atoms with van der Waals surface area (Å²) in [7, 11) is -1.03. The van der Waals surface area contributed by atoms with Gasteiger partial charge in [0.1, 0.15) is 5.56 Å². The molecule has 1 unspecified atom stereocenters. The highest BCUT2D eigenvalue weighted by Gasteiger charge is 2.20. The lowest BCUT2D eigenvalue weighted by molar-refractivity contribution is -0.385. The molecule has 0 radical (unpaired) electrons. The van der Waals surface area contributed by atoms with Gasteiger partial charge in [-0.3, -0.25) is 19.1 Å². The summed E-state index contributed by atoms with van der Waals surface area (Å²) in [6.07, 6.45) is 1.51. The fraction of sp³-hybridized carbons (Fsp3) is 0.300. The van der Waals surface area contributed by atoms with Crippen LogP contribution in [0.1, 0.15) is 10.4 Å². The molecule has 1 rings (SSSR count). The molecule has 1 aromatic carbocycles. The van der Waals surface area contributed by atoms with Crippen molar-refractivity contribution in [2.75, 3.05) is 18.6 Å². The second-order valence-corrected chi connectivity index (χ2v) is 5.44. The molecule has 1 aromatic rings. The summed E-state index contributed by atoms with van der Waals surface area (Å²) in [4.78, 5) is 21.8. The molecule has 18 heavy (non-hydrogen) atoms. The van der Waals surface area contributed by atoms with Crippen LogP contribution in [0.2, 0.25) is 5.02 Å². The summed E-state index contributed by atoms with van der Waals surface area (Å²) >= 11 is 5.70. The maximum absolute atomic E-state index is 11.7. The number of halogens is 1. The van der Waals surface area contributed by atoms with Gasteiger partial charge in [-0.1, -0.05) is 11.6 Å². The van der Waals surface area contributed by atoms with E-state index in [-0.39, 0.29) is 22.8 Å². The van der Waals surface area contributed by atoms with E-state index >= 15 is 0 Å². The van der Waals surface area contributed by atoms with Gasteiger partial charge in [0, 0.05) is 40.4 Å². The number of amides is 1. The molecule has 8 heteroatoms. The molecule has 1 N–H and O–H groups in total. The number of carbonyl (C=O) groups is 1. The molecule has 0 saturated carbocycles. The van der Waals surface area contributed by atoms with Crippen LogP contribution in [0, 0.1) is 10.1 Å². The Kier molecular flexibility index (Phi) is 5.24. The summed E-state index contributed by atoms with van der Waals surface area (Å²) in [5.41, 5.74) is -0.413. The molecule has 6 nitrogen and oxygen atoms in total. The van der Waals surface area contributed by atoms with Crippen LogP contribution in [0.3, 0.4) is 0 Å². The maximum atomic E-state index is 11.7. The molecule has 0 aromatic heterocycles. The van der Waals surface area contributed by atoms with Crippen LogP contribution in [-0.2, 0) is 10.8 Å². The summed E-state index contributed by atoms with van der Waals surface area (Å²) in [6, 6.07) is 3.75. The molecule has 0 bridgehead atoms. The number of rotatable bonds is 5. The average molecular weight is 291 g/mol. The lowest BCUT2D eigenvalue weighted by atomic mass is 10.1. The number of nitro groups is 1. The predicted octanol–water partition coefficient (Wildman–Crippen LogP) is 1.36. The first-order chi connectivity index (χ1) is 8.41. The predicted molar refractivity (Wildman–Crippen MR) is 69.4 cm³/mol. The Labute approximate surface area is 111 Å². The van der Waals surface area contributed by atoms with Crippen molar-refractivity contribution < 1.29 is 13.9 Å². The molecule has 0 fully saturated rings. The Morgan fingerprint density at radius 1 is 1.56 bits per heavy atom. The van der Waals surface area contributed by atoms with E-state index in [0.717, 1.165) is 0 Å². The van der Waals surface area contributed by atoms with Crippen LogP contribution in [0.4, 0.5) is 5.69 Å². The monoisotopic (exact) mass is 290 g/mol. The minimum atomic E-state index is -1.03. The number of hydrogen-bond acceptors (Lipinski definition) is 4. The summed E-state index contributed by atoms with van der Waals surface area (Å²) in [6.45, 7) is 0.186. The van der Waals surface area contributed by atoms with Crippen LogP contribution >= 0.6 is 11.6 Å². The maximum Gasteiger partial charge on any atom is 0.282 e. The molecule has 0 heterocycles. The summed E-state index contributed by atoms with van der Waals surface area (Å²) in [5, 5.41) is 13.5. The highest BCUT2D eigenvalue weighted by Crippen LogP contribution is 2.22. The van der Waals surface area contributed by atoms with E-state index in [0.29, 0.717) is 5.75 Å². The van der Waals surface area contributed by atoms with Gasteiger partial charge in [0.25, 0.3) is 11.6 Å². The van der Waals surface area contributed by atoms with Crippen molar-refractivity contribution in [1.82, 2.24) is 5.32 Å². The lowest BCUT2D eigenvalue weighted by Gasteiger charge is -2.05. The zero-order valence-electron chi connectivity index (χ0n) is 9.51. The van der Waals surface area contributed by atoms with Gasteiger partial charge >= 0.3 is 0 Å². The van der Waals surface area contributed by atoms with E-state index in [1.807, 2.05) is 0 Å². The van der Waals surface area contributed by atoms with Gasteiger partial charge in [-0.2, -0.15) is 0 Å². The summed E-state index contributed by atoms with van der Waals surface area (Å²) in [5.74, 6) is -0.310. The minimum absolute atomic E-state index is 0.102. The molecule has 98 valence electrons. The first-order valence-corrected chi connectivity index (χ1v) is 7.04. The van der Waals surface area contributed by atoms with Crippen molar-refractivity contribution in [2.24, 2.45) is 0 Å². The number of nitrogens with one attached hydrogen (secondary N) is 1. The Morgan fingerprint density at radius 2 is 2.22 bits per heavy atom. The third-order valence-electron chi connectivity index (χ3n) is 2.07. The fourth-order valence-corrected chi connectivity index (χ4v) is 1.81. The van der Waals surface area contributed by atoms with Gasteiger partial charge in [-0.05, 0) is 12.1 Å². The van der Waals surface area contributed by atoms with Crippen LogP contribution in [0.5, 0.6) is 0 Å². The number of hydrogen-bond donors (Lipinski definition) is 1. The number of nitrogens with zero attached hydrogens (tertiary/aromatic N) is 1. The van der Waals surface area contributed by atoms with Crippen LogP contribution in [0.25, 0.3) is 0 Å². The summed E-state index contributed by atoms with van der Waals surface area (Å²) < 4.78 is 10.8. The second-order valence-electron chi connectivity index (χ2n) is 3.45.